The van der Waals surface area contributed by atoms with Crippen molar-refractivity contribution in [2.75, 3.05) is 6.61 Å². The maximum Gasteiger partial charge on any atom is 0.340 e. The SMILES string of the molecule is CCOC(=O)C1=C(N)Oc2c(c(=O)n(C)c(=O)n2C)[C@@H]1c1cccc(C)c1. The predicted molar refractivity (Wildman–Crippen MR) is 98.4 cm³/mol. The highest BCUT2D eigenvalue weighted by molar-refractivity contribution is 5.92. The lowest BCUT2D eigenvalue weighted by Gasteiger charge is -2.29. The van der Waals surface area contributed by atoms with E-state index >= 15 is 0 Å². The zero-order chi connectivity index (χ0) is 19.9. The summed E-state index contributed by atoms with van der Waals surface area (Å²) in [5.41, 5.74) is 6.78. The average molecular weight is 371 g/mol. The molecule has 27 heavy (non-hydrogen) atoms. The molecular weight excluding hydrogens is 350 g/mol. The number of fused-ring (bicyclic) bond motifs is 1. The van der Waals surface area contributed by atoms with Crippen LogP contribution >= 0.6 is 0 Å². The van der Waals surface area contributed by atoms with Crippen LogP contribution in [0.25, 0.3) is 0 Å². The minimum Gasteiger partial charge on any atom is -0.462 e. The lowest BCUT2D eigenvalue weighted by Crippen LogP contribution is -2.43. The smallest absolute Gasteiger partial charge is 0.340 e. The fraction of sp³-hybridized carbons (Fsp3) is 0.316. The number of hydrogen-bond donors (Lipinski definition) is 1. The van der Waals surface area contributed by atoms with Crippen molar-refractivity contribution < 1.29 is 14.3 Å². The molecule has 0 saturated carbocycles. The molecule has 0 spiro atoms. The van der Waals surface area contributed by atoms with Gasteiger partial charge in [0.1, 0.15) is 5.57 Å². The molecule has 0 unspecified atom stereocenters. The predicted octanol–water partition coefficient (Wildman–Crippen LogP) is 0.650. The molecule has 8 nitrogen and oxygen atoms in total. The largest absolute Gasteiger partial charge is 0.462 e. The van der Waals surface area contributed by atoms with Gasteiger partial charge in [0.05, 0.1) is 18.1 Å². The van der Waals surface area contributed by atoms with Gasteiger partial charge < -0.3 is 15.2 Å². The Bertz CT molecular complexity index is 1080. The standard InChI is InChI=1S/C19H21N3O5/c1-5-26-18(24)13-12(11-8-6-7-10(2)9-11)14-16(23)21(3)19(25)22(4)17(14)27-15(13)20/h6-9,12H,5,20H2,1-4H3/t12-/m1/s1. The summed E-state index contributed by atoms with van der Waals surface area (Å²) in [6.45, 7) is 3.73. The molecule has 1 atom stereocenters. The quantitative estimate of drug-likeness (QED) is 0.794. The van der Waals surface area contributed by atoms with E-state index in [9.17, 15) is 14.4 Å². The molecule has 1 aromatic heterocycles. The Morgan fingerprint density at radius 3 is 2.59 bits per heavy atom. The van der Waals surface area contributed by atoms with E-state index in [1.807, 2.05) is 25.1 Å². The minimum atomic E-state index is -0.807. The summed E-state index contributed by atoms with van der Waals surface area (Å²) in [6.07, 6.45) is 0. The molecule has 8 heteroatoms. The molecule has 0 bridgehead atoms. The Morgan fingerprint density at radius 1 is 1.26 bits per heavy atom. The van der Waals surface area contributed by atoms with Gasteiger partial charge in [-0.15, -0.1) is 0 Å². The lowest BCUT2D eigenvalue weighted by molar-refractivity contribution is -0.139. The van der Waals surface area contributed by atoms with Crippen LogP contribution in [-0.4, -0.2) is 21.7 Å². The fourth-order valence-corrected chi connectivity index (χ4v) is 3.28. The number of aryl methyl sites for hydroxylation is 1. The third-order valence-corrected chi connectivity index (χ3v) is 4.56. The number of nitrogens with zero attached hydrogens (tertiary/aromatic N) is 2. The number of aromatic nitrogens is 2. The van der Waals surface area contributed by atoms with Crippen LogP contribution in [0.3, 0.4) is 0 Å². The molecule has 2 aromatic rings. The minimum absolute atomic E-state index is 0.0279. The fourth-order valence-electron chi connectivity index (χ4n) is 3.28. The molecule has 0 saturated heterocycles. The third kappa shape index (κ3) is 2.92. The molecule has 0 amide bonds. The molecule has 1 aliphatic heterocycles. The summed E-state index contributed by atoms with van der Waals surface area (Å²) in [7, 11) is 2.86. The van der Waals surface area contributed by atoms with Gasteiger partial charge in [0.15, 0.2) is 0 Å². The first-order valence-corrected chi connectivity index (χ1v) is 8.49. The number of carbonyl (C=O) groups is 1. The Balaban J connectivity index is 2.39. The van der Waals surface area contributed by atoms with Crippen LogP contribution in [0.1, 0.15) is 29.5 Å². The van der Waals surface area contributed by atoms with Crippen molar-refractivity contribution in [3.05, 3.63) is 73.3 Å². The number of carbonyl (C=O) groups excluding carboxylic acids is 1. The van der Waals surface area contributed by atoms with Crippen LogP contribution in [0.2, 0.25) is 0 Å². The number of hydrogen-bond acceptors (Lipinski definition) is 6. The summed E-state index contributed by atoms with van der Waals surface area (Å²) in [5, 5.41) is 0. The maximum atomic E-state index is 12.9. The highest BCUT2D eigenvalue weighted by Crippen LogP contribution is 2.40. The summed E-state index contributed by atoms with van der Waals surface area (Å²) in [5.74, 6) is -1.63. The molecule has 1 aliphatic rings. The normalized spacial score (nSPS) is 15.9. The Labute approximate surface area is 155 Å². The summed E-state index contributed by atoms with van der Waals surface area (Å²) >= 11 is 0. The molecule has 142 valence electrons. The van der Waals surface area contributed by atoms with Crippen LogP contribution in [0.5, 0.6) is 5.88 Å². The number of esters is 1. The molecule has 2 N–H and O–H groups in total. The van der Waals surface area contributed by atoms with Gasteiger partial charge in [0, 0.05) is 14.1 Å². The van der Waals surface area contributed by atoms with Gasteiger partial charge in [-0.1, -0.05) is 29.8 Å². The van der Waals surface area contributed by atoms with Gasteiger partial charge in [0.25, 0.3) is 5.56 Å². The van der Waals surface area contributed by atoms with Crippen molar-refractivity contribution in [2.45, 2.75) is 19.8 Å². The number of benzene rings is 1. The van der Waals surface area contributed by atoms with Crippen LogP contribution in [-0.2, 0) is 23.6 Å². The highest BCUT2D eigenvalue weighted by atomic mass is 16.5. The Hall–Kier alpha value is -3.29. The lowest BCUT2D eigenvalue weighted by atomic mass is 9.84. The summed E-state index contributed by atoms with van der Waals surface area (Å²) in [4.78, 5) is 37.8. The molecule has 0 aliphatic carbocycles. The highest BCUT2D eigenvalue weighted by Gasteiger charge is 2.39. The van der Waals surface area contributed by atoms with Crippen molar-refractivity contribution in [3.8, 4) is 5.88 Å². The first kappa shape index (κ1) is 18.5. The van der Waals surface area contributed by atoms with Crippen LogP contribution in [0, 0.1) is 6.92 Å². The maximum absolute atomic E-state index is 12.9. The van der Waals surface area contributed by atoms with Crippen LogP contribution < -0.4 is 21.7 Å². The van der Waals surface area contributed by atoms with Crippen molar-refractivity contribution in [1.29, 1.82) is 0 Å². The van der Waals surface area contributed by atoms with Crippen molar-refractivity contribution >= 4 is 5.97 Å². The molecule has 0 fully saturated rings. The number of ether oxygens (including phenoxy) is 2. The van der Waals surface area contributed by atoms with E-state index in [-0.39, 0.29) is 29.5 Å². The van der Waals surface area contributed by atoms with E-state index in [1.54, 1.807) is 13.0 Å². The van der Waals surface area contributed by atoms with Gasteiger partial charge in [-0.25, -0.2) is 9.59 Å². The van der Waals surface area contributed by atoms with E-state index in [4.69, 9.17) is 15.2 Å². The molecule has 1 aromatic carbocycles. The van der Waals surface area contributed by atoms with E-state index in [1.165, 1.54) is 18.7 Å². The number of nitrogens with two attached hydrogens (primary N) is 1. The van der Waals surface area contributed by atoms with E-state index in [0.29, 0.717) is 5.56 Å². The van der Waals surface area contributed by atoms with Gasteiger partial charge in [-0.2, -0.15) is 0 Å². The van der Waals surface area contributed by atoms with E-state index in [0.717, 1.165) is 10.1 Å². The Kier molecular flexibility index (Phi) is 4.65. The second-order valence-corrected chi connectivity index (χ2v) is 6.37. The van der Waals surface area contributed by atoms with Crippen molar-refractivity contribution in [1.82, 2.24) is 9.13 Å². The third-order valence-electron chi connectivity index (χ3n) is 4.56. The zero-order valence-corrected chi connectivity index (χ0v) is 15.6. The topological polar surface area (TPSA) is 106 Å². The molecular formula is C19H21N3O5. The summed E-state index contributed by atoms with van der Waals surface area (Å²) in [6, 6.07) is 7.38. The van der Waals surface area contributed by atoms with Gasteiger partial charge in [-0.05, 0) is 19.4 Å². The van der Waals surface area contributed by atoms with Crippen LogP contribution in [0.4, 0.5) is 0 Å². The zero-order valence-electron chi connectivity index (χ0n) is 15.6. The van der Waals surface area contributed by atoms with Gasteiger partial charge >= 0.3 is 11.7 Å². The van der Waals surface area contributed by atoms with E-state index in [2.05, 4.69) is 0 Å². The van der Waals surface area contributed by atoms with Crippen molar-refractivity contribution in [3.63, 3.8) is 0 Å². The molecule has 0 radical (unpaired) electrons. The monoisotopic (exact) mass is 371 g/mol. The Morgan fingerprint density at radius 2 is 1.96 bits per heavy atom. The van der Waals surface area contributed by atoms with Gasteiger partial charge in [-0.3, -0.25) is 13.9 Å². The number of rotatable bonds is 3. The first-order chi connectivity index (χ1) is 12.8. The second kappa shape index (κ2) is 6.79. The summed E-state index contributed by atoms with van der Waals surface area (Å²) < 4.78 is 12.9. The molecule has 3 rings (SSSR count). The van der Waals surface area contributed by atoms with E-state index < -0.39 is 23.1 Å². The average Bonchev–Trinajstić information content (AvgIpc) is 2.63. The molecule has 2 heterocycles. The second-order valence-electron chi connectivity index (χ2n) is 6.37. The van der Waals surface area contributed by atoms with Crippen LogP contribution in [0.15, 0.2) is 45.3 Å². The first-order valence-electron chi connectivity index (χ1n) is 8.49. The van der Waals surface area contributed by atoms with Crippen molar-refractivity contribution in [2.24, 2.45) is 19.8 Å². The van der Waals surface area contributed by atoms with Gasteiger partial charge in [0.2, 0.25) is 11.8 Å².